The van der Waals surface area contributed by atoms with Crippen molar-refractivity contribution in [2.24, 2.45) is 5.92 Å². The number of hydrogen-bond donors (Lipinski definition) is 1. The molecule has 1 amide bonds. The highest BCUT2D eigenvalue weighted by molar-refractivity contribution is 7.15. The number of nitrogens with one attached hydrogen (secondary N) is 1. The van der Waals surface area contributed by atoms with Crippen LogP contribution >= 0.6 is 11.3 Å². The molecule has 0 aromatic carbocycles. The van der Waals surface area contributed by atoms with E-state index >= 15 is 0 Å². The minimum Gasteiger partial charge on any atom is -0.356 e. The van der Waals surface area contributed by atoms with Gasteiger partial charge in [0.1, 0.15) is 0 Å². The van der Waals surface area contributed by atoms with Crippen molar-refractivity contribution in [3.63, 3.8) is 0 Å². The number of amides is 1. The van der Waals surface area contributed by atoms with Crippen LogP contribution in [0.15, 0.2) is 6.20 Å². The van der Waals surface area contributed by atoms with Gasteiger partial charge < -0.3 is 10.2 Å². The van der Waals surface area contributed by atoms with Gasteiger partial charge in [0.25, 0.3) is 0 Å². The number of carbonyl (C=O) groups excluding carboxylic acids is 1. The zero-order chi connectivity index (χ0) is 13.7. The molecular formula is C14H23N3OS. The molecule has 0 aliphatic carbocycles. The second-order valence-electron chi connectivity index (χ2n) is 5.16. The Morgan fingerprint density at radius 1 is 1.53 bits per heavy atom. The number of nitrogens with zero attached hydrogens (tertiary/aromatic N) is 2. The van der Waals surface area contributed by atoms with Crippen molar-refractivity contribution in [3.05, 3.63) is 11.1 Å². The fourth-order valence-corrected chi connectivity index (χ4v) is 3.17. The zero-order valence-electron chi connectivity index (χ0n) is 11.8. The van der Waals surface area contributed by atoms with Crippen LogP contribution in [0.25, 0.3) is 0 Å². The van der Waals surface area contributed by atoms with Crippen LogP contribution in [0, 0.1) is 12.8 Å². The number of carbonyl (C=O) groups is 1. The number of rotatable bonds is 5. The van der Waals surface area contributed by atoms with Crippen molar-refractivity contribution in [2.75, 3.05) is 24.5 Å². The molecule has 106 valence electrons. The molecule has 4 nitrogen and oxygen atoms in total. The van der Waals surface area contributed by atoms with Gasteiger partial charge in [-0.1, -0.05) is 13.3 Å². The molecule has 0 spiro atoms. The summed E-state index contributed by atoms with van der Waals surface area (Å²) in [6, 6.07) is 0. The van der Waals surface area contributed by atoms with Crippen LogP contribution in [-0.4, -0.2) is 30.5 Å². The maximum atomic E-state index is 12.0. The molecule has 2 heterocycles. The molecule has 0 radical (unpaired) electrons. The van der Waals surface area contributed by atoms with Crippen LogP contribution in [0.4, 0.5) is 5.13 Å². The van der Waals surface area contributed by atoms with Crippen molar-refractivity contribution in [2.45, 2.75) is 39.5 Å². The van der Waals surface area contributed by atoms with Gasteiger partial charge in [-0.25, -0.2) is 4.98 Å². The Bertz CT molecular complexity index is 411. The summed E-state index contributed by atoms with van der Waals surface area (Å²) < 4.78 is 0. The van der Waals surface area contributed by atoms with Crippen LogP contribution in [0.3, 0.4) is 0 Å². The summed E-state index contributed by atoms with van der Waals surface area (Å²) in [6.07, 6.45) is 6.00. The summed E-state index contributed by atoms with van der Waals surface area (Å²) in [4.78, 5) is 19.9. The van der Waals surface area contributed by atoms with E-state index in [9.17, 15) is 4.79 Å². The van der Waals surface area contributed by atoms with Crippen molar-refractivity contribution in [1.29, 1.82) is 0 Å². The van der Waals surface area contributed by atoms with Gasteiger partial charge in [-0.05, 0) is 26.2 Å². The Kier molecular flexibility index (Phi) is 5.19. The quantitative estimate of drug-likeness (QED) is 0.844. The molecule has 1 aromatic heterocycles. The molecule has 0 unspecified atom stereocenters. The van der Waals surface area contributed by atoms with Crippen LogP contribution in [-0.2, 0) is 4.79 Å². The molecule has 1 aliphatic heterocycles. The largest absolute Gasteiger partial charge is 0.356 e. The Labute approximate surface area is 119 Å². The van der Waals surface area contributed by atoms with E-state index in [1.807, 2.05) is 6.20 Å². The summed E-state index contributed by atoms with van der Waals surface area (Å²) in [5.41, 5.74) is 0. The van der Waals surface area contributed by atoms with Gasteiger partial charge in [0.05, 0.1) is 0 Å². The lowest BCUT2D eigenvalue weighted by Crippen LogP contribution is -2.40. The number of aromatic nitrogens is 1. The standard InChI is InChI=1S/C14H23N3OS/c1-3-4-7-15-13(18)12-5-8-17(9-6-12)14-16-10-11(2)19-14/h10,12H,3-9H2,1-2H3,(H,15,18). The summed E-state index contributed by atoms with van der Waals surface area (Å²) >= 11 is 1.74. The van der Waals surface area contributed by atoms with Crippen LogP contribution in [0.2, 0.25) is 0 Å². The van der Waals surface area contributed by atoms with Gasteiger partial charge in [0, 0.05) is 36.6 Å². The third-order valence-electron chi connectivity index (χ3n) is 3.57. The maximum absolute atomic E-state index is 12.0. The Hall–Kier alpha value is -1.10. The Morgan fingerprint density at radius 2 is 2.26 bits per heavy atom. The topological polar surface area (TPSA) is 45.2 Å². The van der Waals surface area contributed by atoms with E-state index in [0.717, 1.165) is 50.4 Å². The summed E-state index contributed by atoms with van der Waals surface area (Å²) in [5.74, 6) is 0.428. The predicted molar refractivity (Wildman–Crippen MR) is 79.7 cm³/mol. The summed E-state index contributed by atoms with van der Waals surface area (Å²) in [6.45, 7) is 6.93. The van der Waals surface area contributed by atoms with Gasteiger partial charge in [0.15, 0.2) is 5.13 Å². The number of unbranched alkanes of at least 4 members (excludes halogenated alkanes) is 1. The number of anilines is 1. The van der Waals surface area contributed by atoms with E-state index < -0.39 is 0 Å². The SMILES string of the molecule is CCCCNC(=O)C1CCN(c2ncc(C)s2)CC1. The van der Waals surface area contributed by atoms with E-state index in [1.54, 1.807) is 11.3 Å². The van der Waals surface area contributed by atoms with Gasteiger partial charge in [-0.2, -0.15) is 0 Å². The van der Waals surface area contributed by atoms with E-state index in [0.29, 0.717) is 0 Å². The zero-order valence-corrected chi connectivity index (χ0v) is 12.6. The predicted octanol–water partition coefficient (Wildman–Crippen LogP) is 2.58. The first-order chi connectivity index (χ1) is 9.20. The monoisotopic (exact) mass is 281 g/mol. The van der Waals surface area contributed by atoms with E-state index in [-0.39, 0.29) is 11.8 Å². The molecule has 2 rings (SSSR count). The molecule has 1 fully saturated rings. The molecular weight excluding hydrogens is 258 g/mol. The third-order valence-corrected chi connectivity index (χ3v) is 4.55. The average Bonchev–Trinajstić information content (AvgIpc) is 2.86. The highest BCUT2D eigenvalue weighted by Crippen LogP contribution is 2.26. The van der Waals surface area contributed by atoms with Crippen LogP contribution in [0.5, 0.6) is 0 Å². The second kappa shape index (κ2) is 6.89. The number of aryl methyl sites for hydroxylation is 1. The van der Waals surface area contributed by atoms with E-state index in [4.69, 9.17) is 0 Å². The lowest BCUT2D eigenvalue weighted by atomic mass is 9.96. The number of hydrogen-bond acceptors (Lipinski definition) is 4. The van der Waals surface area contributed by atoms with E-state index in [1.165, 1.54) is 4.88 Å². The lowest BCUT2D eigenvalue weighted by Gasteiger charge is -2.31. The number of thiazole rings is 1. The molecule has 19 heavy (non-hydrogen) atoms. The first kappa shape index (κ1) is 14.3. The number of piperidine rings is 1. The van der Waals surface area contributed by atoms with Crippen molar-refractivity contribution in [3.8, 4) is 0 Å². The normalized spacial score (nSPS) is 16.6. The average molecular weight is 281 g/mol. The molecule has 1 saturated heterocycles. The highest BCUT2D eigenvalue weighted by Gasteiger charge is 2.25. The summed E-state index contributed by atoms with van der Waals surface area (Å²) in [5, 5.41) is 4.14. The highest BCUT2D eigenvalue weighted by atomic mass is 32.1. The van der Waals surface area contributed by atoms with Crippen LogP contribution in [0.1, 0.15) is 37.5 Å². The molecule has 0 saturated carbocycles. The Morgan fingerprint density at radius 3 is 2.84 bits per heavy atom. The van der Waals surface area contributed by atoms with Gasteiger partial charge >= 0.3 is 0 Å². The maximum Gasteiger partial charge on any atom is 0.223 e. The van der Waals surface area contributed by atoms with Crippen molar-refractivity contribution in [1.82, 2.24) is 10.3 Å². The molecule has 1 aliphatic rings. The van der Waals surface area contributed by atoms with Gasteiger partial charge in [-0.15, -0.1) is 11.3 Å². The van der Waals surface area contributed by atoms with Gasteiger partial charge in [-0.3, -0.25) is 4.79 Å². The molecule has 0 atom stereocenters. The Balaban J connectivity index is 1.77. The fourth-order valence-electron chi connectivity index (χ4n) is 2.35. The molecule has 0 bridgehead atoms. The lowest BCUT2D eigenvalue weighted by molar-refractivity contribution is -0.125. The fraction of sp³-hybridized carbons (Fsp3) is 0.714. The minimum absolute atomic E-state index is 0.189. The third kappa shape index (κ3) is 3.93. The summed E-state index contributed by atoms with van der Waals surface area (Å²) in [7, 11) is 0. The minimum atomic E-state index is 0.189. The first-order valence-electron chi connectivity index (χ1n) is 7.15. The van der Waals surface area contributed by atoms with Crippen LogP contribution < -0.4 is 10.2 Å². The second-order valence-corrected chi connectivity index (χ2v) is 6.37. The first-order valence-corrected chi connectivity index (χ1v) is 7.97. The van der Waals surface area contributed by atoms with Crippen molar-refractivity contribution >= 4 is 22.4 Å². The molecule has 5 heteroatoms. The molecule has 1 N–H and O–H groups in total. The van der Waals surface area contributed by atoms with Crippen molar-refractivity contribution < 1.29 is 4.79 Å². The van der Waals surface area contributed by atoms with Gasteiger partial charge in [0.2, 0.25) is 5.91 Å². The molecule has 1 aromatic rings. The smallest absolute Gasteiger partial charge is 0.223 e. The van der Waals surface area contributed by atoms with E-state index in [2.05, 4.69) is 29.0 Å².